The van der Waals surface area contributed by atoms with Crippen molar-refractivity contribution in [2.24, 2.45) is 11.8 Å². The lowest BCUT2D eigenvalue weighted by Gasteiger charge is -2.05. The molecule has 3 heteroatoms. The van der Waals surface area contributed by atoms with E-state index >= 15 is 0 Å². The van der Waals surface area contributed by atoms with Gasteiger partial charge in [0, 0.05) is 6.42 Å². The van der Waals surface area contributed by atoms with E-state index in [4.69, 9.17) is 5.11 Å². The van der Waals surface area contributed by atoms with E-state index in [1.807, 2.05) is 0 Å². The Bertz CT molecular complexity index is 198. The van der Waals surface area contributed by atoms with E-state index in [2.05, 4.69) is 0 Å². The van der Waals surface area contributed by atoms with Crippen LogP contribution in [0.1, 0.15) is 32.6 Å². The van der Waals surface area contributed by atoms with Crippen molar-refractivity contribution in [1.29, 1.82) is 0 Å². The Kier molecular flexibility index (Phi) is 2.84. The minimum absolute atomic E-state index is 0.172. The van der Waals surface area contributed by atoms with Gasteiger partial charge < -0.3 is 9.90 Å². The monoisotopic (exact) mass is 170 g/mol. The summed E-state index contributed by atoms with van der Waals surface area (Å²) in [5.41, 5.74) is 0. The van der Waals surface area contributed by atoms with Gasteiger partial charge >= 0.3 is 5.97 Å². The highest BCUT2D eigenvalue weighted by Crippen LogP contribution is 2.33. The molecule has 0 aromatic heterocycles. The zero-order valence-electron chi connectivity index (χ0n) is 7.25. The molecule has 2 unspecified atom stereocenters. The van der Waals surface area contributed by atoms with E-state index < -0.39 is 5.97 Å². The standard InChI is InChI=1S/C9H14O3/c1-6(10)4-7-2-3-8(5-7)9(11)12/h7-8H,2-5H2,1H3,(H,11,12). The molecule has 1 saturated carbocycles. The van der Waals surface area contributed by atoms with E-state index in [1.165, 1.54) is 0 Å². The number of carbonyl (C=O) groups is 2. The number of carbonyl (C=O) groups excluding carboxylic acids is 1. The van der Waals surface area contributed by atoms with Crippen LogP contribution in [0.25, 0.3) is 0 Å². The average Bonchev–Trinajstić information content (AvgIpc) is 2.34. The fourth-order valence-corrected chi connectivity index (χ4v) is 1.89. The molecule has 0 aromatic carbocycles. The van der Waals surface area contributed by atoms with Gasteiger partial charge in [-0.2, -0.15) is 0 Å². The van der Waals surface area contributed by atoms with Crippen LogP contribution >= 0.6 is 0 Å². The van der Waals surface area contributed by atoms with Gasteiger partial charge in [-0.3, -0.25) is 4.79 Å². The summed E-state index contributed by atoms with van der Waals surface area (Å²) in [7, 11) is 0. The topological polar surface area (TPSA) is 54.4 Å². The predicted molar refractivity (Wildman–Crippen MR) is 43.8 cm³/mol. The van der Waals surface area contributed by atoms with Gasteiger partial charge in [0.1, 0.15) is 5.78 Å². The molecule has 0 saturated heterocycles. The van der Waals surface area contributed by atoms with Crippen molar-refractivity contribution < 1.29 is 14.7 Å². The molecule has 1 N–H and O–H groups in total. The van der Waals surface area contributed by atoms with Gasteiger partial charge in [-0.1, -0.05) is 0 Å². The van der Waals surface area contributed by atoms with E-state index in [9.17, 15) is 9.59 Å². The zero-order chi connectivity index (χ0) is 9.14. The molecular formula is C9H14O3. The van der Waals surface area contributed by atoms with Crippen LogP contribution in [0.2, 0.25) is 0 Å². The first-order valence-electron chi connectivity index (χ1n) is 4.32. The Morgan fingerprint density at radius 2 is 2.08 bits per heavy atom. The lowest BCUT2D eigenvalue weighted by molar-refractivity contribution is -0.141. The Morgan fingerprint density at radius 1 is 1.42 bits per heavy atom. The molecule has 0 aromatic rings. The maximum atomic E-state index is 10.7. The SMILES string of the molecule is CC(=O)CC1CCC(C(=O)O)C1. The first-order valence-corrected chi connectivity index (χ1v) is 4.32. The first-order chi connectivity index (χ1) is 5.59. The largest absolute Gasteiger partial charge is 0.481 e. The fraction of sp³-hybridized carbons (Fsp3) is 0.778. The highest BCUT2D eigenvalue weighted by molar-refractivity contribution is 5.76. The maximum absolute atomic E-state index is 10.7. The molecule has 0 radical (unpaired) electrons. The van der Waals surface area contributed by atoms with Crippen LogP contribution < -0.4 is 0 Å². The van der Waals surface area contributed by atoms with Crippen LogP contribution in [0.15, 0.2) is 0 Å². The van der Waals surface area contributed by atoms with Gasteiger partial charge in [0.15, 0.2) is 0 Å². The van der Waals surface area contributed by atoms with Gasteiger partial charge in [0.2, 0.25) is 0 Å². The molecule has 0 amide bonds. The van der Waals surface area contributed by atoms with E-state index in [0.717, 1.165) is 12.8 Å². The number of carboxylic acid groups (broad SMARTS) is 1. The molecule has 1 aliphatic rings. The molecular weight excluding hydrogens is 156 g/mol. The van der Waals surface area contributed by atoms with Crippen LogP contribution in [-0.4, -0.2) is 16.9 Å². The van der Waals surface area contributed by atoms with Crippen LogP contribution in [0, 0.1) is 11.8 Å². The van der Waals surface area contributed by atoms with Gasteiger partial charge in [-0.15, -0.1) is 0 Å². The van der Waals surface area contributed by atoms with Crippen LogP contribution in [0.5, 0.6) is 0 Å². The minimum atomic E-state index is -0.707. The third kappa shape index (κ3) is 2.32. The molecule has 2 atom stereocenters. The van der Waals surface area contributed by atoms with Crippen molar-refractivity contribution in [3.05, 3.63) is 0 Å². The lowest BCUT2D eigenvalue weighted by atomic mass is 10.00. The summed E-state index contributed by atoms with van der Waals surface area (Å²) in [6, 6.07) is 0. The van der Waals surface area contributed by atoms with Crippen LogP contribution in [0.3, 0.4) is 0 Å². The number of carboxylic acids is 1. The number of ketones is 1. The van der Waals surface area contributed by atoms with Crippen molar-refractivity contribution in [3.8, 4) is 0 Å². The molecule has 0 heterocycles. The lowest BCUT2D eigenvalue weighted by Crippen LogP contribution is -2.10. The number of aliphatic carboxylic acids is 1. The summed E-state index contributed by atoms with van der Waals surface area (Å²) in [6.07, 6.45) is 2.89. The minimum Gasteiger partial charge on any atom is -0.481 e. The number of rotatable bonds is 3. The molecule has 1 rings (SSSR count). The van der Waals surface area contributed by atoms with Gasteiger partial charge in [-0.05, 0) is 32.1 Å². The fourth-order valence-electron chi connectivity index (χ4n) is 1.89. The van der Waals surface area contributed by atoms with Crippen molar-refractivity contribution >= 4 is 11.8 Å². The van der Waals surface area contributed by atoms with Crippen LogP contribution in [-0.2, 0) is 9.59 Å². The van der Waals surface area contributed by atoms with Crippen molar-refractivity contribution in [2.75, 3.05) is 0 Å². The summed E-state index contributed by atoms with van der Waals surface area (Å²) >= 11 is 0. The Hall–Kier alpha value is -0.860. The predicted octanol–water partition coefficient (Wildman–Crippen LogP) is 1.47. The van der Waals surface area contributed by atoms with Crippen molar-refractivity contribution in [2.45, 2.75) is 32.6 Å². The number of hydrogen-bond donors (Lipinski definition) is 1. The average molecular weight is 170 g/mol. The summed E-state index contributed by atoms with van der Waals surface area (Å²) in [4.78, 5) is 21.3. The molecule has 0 aliphatic heterocycles. The Labute approximate surface area is 71.8 Å². The summed E-state index contributed by atoms with van der Waals surface area (Å²) < 4.78 is 0. The molecule has 0 bridgehead atoms. The van der Waals surface area contributed by atoms with Gasteiger partial charge in [-0.25, -0.2) is 0 Å². The molecule has 1 fully saturated rings. The normalized spacial score (nSPS) is 28.8. The Balaban J connectivity index is 2.35. The highest BCUT2D eigenvalue weighted by Gasteiger charge is 2.29. The molecule has 0 spiro atoms. The quantitative estimate of drug-likeness (QED) is 0.697. The van der Waals surface area contributed by atoms with Crippen LogP contribution in [0.4, 0.5) is 0 Å². The second-order valence-corrected chi connectivity index (χ2v) is 3.62. The van der Waals surface area contributed by atoms with Gasteiger partial charge in [0.25, 0.3) is 0 Å². The number of Topliss-reactive ketones (excluding diaryl/α,β-unsaturated/α-hetero) is 1. The second-order valence-electron chi connectivity index (χ2n) is 3.62. The highest BCUT2D eigenvalue weighted by atomic mass is 16.4. The van der Waals surface area contributed by atoms with E-state index in [1.54, 1.807) is 6.92 Å². The third-order valence-corrected chi connectivity index (χ3v) is 2.47. The number of hydrogen-bond acceptors (Lipinski definition) is 2. The smallest absolute Gasteiger partial charge is 0.306 e. The zero-order valence-corrected chi connectivity index (χ0v) is 7.25. The summed E-state index contributed by atoms with van der Waals surface area (Å²) in [5.74, 6) is -0.412. The molecule has 3 nitrogen and oxygen atoms in total. The van der Waals surface area contributed by atoms with Crippen molar-refractivity contribution in [3.63, 3.8) is 0 Å². The third-order valence-electron chi connectivity index (χ3n) is 2.47. The van der Waals surface area contributed by atoms with Crippen molar-refractivity contribution in [1.82, 2.24) is 0 Å². The van der Waals surface area contributed by atoms with E-state index in [0.29, 0.717) is 18.8 Å². The summed E-state index contributed by atoms with van der Waals surface area (Å²) in [5, 5.41) is 8.68. The first kappa shape index (κ1) is 9.23. The van der Waals surface area contributed by atoms with E-state index in [-0.39, 0.29) is 11.7 Å². The second kappa shape index (κ2) is 3.70. The maximum Gasteiger partial charge on any atom is 0.306 e. The Morgan fingerprint density at radius 3 is 2.50 bits per heavy atom. The molecule has 1 aliphatic carbocycles. The van der Waals surface area contributed by atoms with Gasteiger partial charge in [0.05, 0.1) is 5.92 Å². The molecule has 68 valence electrons. The molecule has 12 heavy (non-hydrogen) atoms. The summed E-state index contributed by atoms with van der Waals surface area (Å²) in [6.45, 7) is 1.56.